The third-order valence-corrected chi connectivity index (χ3v) is 3.90. The highest BCUT2D eigenvalue weighted by molar-refractivity contribution is 5.47. The van der Waals surface area contributed by atoms with Gasteiger partial charge in [0.15, 0.2) is 5.82 Å². The predicted molar refractivity (Wildman–Crippen MR) is 90.2 cm³/mol. The number of nitro groups is 1. The average molecular weight is 328 g/mol. The summed E-state index contributed by atoms with van der Waals surface area (Å²) in [4.78, 5) is 21.4. The summed E-state index contributed by atoms with van der Waals surface area (Å²) in [7, 11) is 0. The van der Waals surface area contributed by atoms with E-state index in [9.17, 15) is 10.1 Å². The smallest absolute Gasteiger partial charge is 0.269 e. The molecule has 0 spiro atoms. The second kappa shape index (κ2) is 6.82. The molecule has 0 atom stereocenters. The third kappa shape index (κ3) is 3.61. The summed E-state index contributed by atoms with van der Waals surface area (Å²) >= 11 is 0. The molecule has 0 amide bonds. The molecule has 7 nitrogen and oxygen atoms in total. The van der Waals surface area contributed by atoms with Crippen LogP contribution in [0.2, 0.25) is 0 Å². The Kier molecular flexibility index (Phi) is 4.59. The number of anilines is 1. The Labute approximate surface area is 140 Å². The first-order valence-corrected chi connectivity index (χ1v) is 7.99. The fraction of sp³-hybridized carbons (Fsp3) is 0.412. The van der Waals surface area contributed by atoms with Crippen molar-refractivity contribution in [1.29, 1.82) is 0 Å². The van der Waals surface area contributed by atoms with Gasteiger partial charge in [-0.3, -0.25) is 15.1 Å². The number of hydrogen-bond acceptors (Lipinski definition) is 6. The summed E-state index contributed by atoms with van der Waals surface area (Å²) in [5, 5.41) is 11.0. The van der Waals surface area contributed by atoms with Gasteiger partial charge in [-0.15, -0.1) is 0 Å². The van der Waals surface area contributed by atoms with Crippen LogP contribution in [0.1, 0.15) is 25.0 Å². The van der Waals surface area contributed by atoms with Gasteiger partial charge < -0.3 is 9.64 Å². The SMILES string of the molecule is CC(C)COc1cncc(N2CCc3ccc([N+](=O)[O-])cc3C2)n1. The van der Waals surface area contributed by atoms with Crippen molar-refractivity contribution in [2.24, 2.45) is 5.92 Å². The van der Waals surface area contributed by atoms with Gasteiger partial charge in [0.25, 0.3) is 5.69 Å². The van der Waals surface area contributed by atoms with Gasteiger partial charge in [0.2, 0.25) is 5.88 Å². The standard InChI is InChI=1S/C17H20N4O3/c1-12(2)11-24-17-9-18-8-16(19-17)20-6-5-13-3-4-15(21(22)23)7-14(13)10-20/h3-4,7-9,12H,5-6,10-11H2,1-2H3. The second-order valence-corrected chi connectivity index (χ2v) is 6.30. The van der Waals surface area contributed by atoms with E-state index >= 15 is 0 Å². The Balaban J connectivity index is 1.78. The number of nitrogens with zero attached hydrogens (tertiary/aromatic N) is 4. The van der Waals surface area contributed by atoms with Crippen molar-refractivity contribution < 1.29 is 9.66 Å². The number of nitro benzene ring substituents is 1. The summed E-state index contributed by atoms with van der Waals surface area (Å²) in [6.07, 6.45) is 4.13. The van der Waals surface area contributed by atoms with Gasteiger partial charge in [-0.05, 0) is 23.5 Å². The van der Waals surface area contributed by atoms with Crippen LogP contribution in [0.15, 0.2) is 30.6 Å². The molecule has 0 saturated carbocycles. The molecule has 7 heteroatoms. The van der Waals surface area contributed by atoms with Crippen LogP contribution >= 0.6 is 0 Å². The Morgan fingerprint density at radius 1 is 1.33 bits per heavy atom. The molecule has 0 N–H and O–H groups in total. The quantitative estimate of drug-likeness (QED) is 0.620. The lowest BCUT2D eigenvalue weighted by atomic mass is 9.99. The van der Waals surface area contributed by atoms with Crippen molar-refractivity contribution in [3.63, 3.8) is 0 Å². The van der Waals surface area contributed by atoms with Crippen molar-refractivity contribution in [1.82, 2.24) is 9.97 Å². The summed E-state index contributed by atoms with van der Waals surface area (Å²) in [6, 6.07) is 5.06. The van der Waals surface area contributed by atoms with E-state index in [0.717, 1.165) is 29.9 Å². The topological polar surface area (TPSA) is 81.4 Å². The summed E-state index contributed by atoms with van der Waals surface area (Å²) in [6.45, 7) is 6.12. The number of aromatic nitrogens is 2. The van der Waals surface area contributed by atoms with Crippen LogP contribution in [-0.4, -0.2) is 28.0 Å². The fourth-order valence-corrected chi connectivity index (χ4v) is 2.66. The fourth-order valence-electron chi connectivity index (χ4n) is 2.66. The van der Waals surface area contributed by atoms with Crippen LogP contribution in [-0.2, 0) is 13.0 Å². The lowest BCUT2D eigenvalue weighted by molar-refractivity contribution is -0.384. The summed E-state index contributed by atoms with van der Waals surface area (Å²) in [5.41, 5.74) is 2.23. The van der Waals surface area contributed by atoms with E-state index in [1.54, 1.807) is 24.5 Å². The van der Waals surface area contributed by atoms with E-state index in [1.165, 1.54) is 0 Å². The van der Waals surface area contributed by atoms with Crippen molar-refractivity contribution in [3.05, 3.63) is 51.8 Å². The minimum absolute atomic E-state index is 0.121. The van der Waals surface area contributed by atoms with Gasteiger partial charge >= 0.3 is 0 Å². The van der Waals surface area contributed by atoms with Crippen LogP contribution in [0.5, 0.6) is 5.88 Å². The van der Waals surface area contributed by atoms with Gasteiger partial charge in [-0.25, -0.2) is 0 Å². The maximum absolute atomic E-state index is 11.0. The molecule has 3 rings (SSSR count). The highest BCUT2D eigenvalue weighted by atomic mass is 16.6. The average Bonchev–Trinajstić information content (AvgIpc) is 2.59. The van der Waals surface area contributed by atoms with Gasteiger partial charge in [-0.2, -0.15) is 4.98 Å². The first-order chi connectivity index (χ1) is 11.5. The third-order valence-electron chi connectivity index (χ3n) is 3.90. The molecule has 1 aromatic heterocycles. The van der Waals surface area contributed by atoms with Gasteiger partial charge in [0.1, 0.15) is 0 Å². The van der Waals surface area contributed by atoms with E-state index in [1.807, 2.05) is 6.07 Å². The number of rotatable bonds is 5. The summed E-state index contributed by atoms with van der Waals surface area (Å²) in [5.74, 6) is 1.65. The number of fused-ring (bicyclic) bond motifs is 1. The van der Waals surface area contributed by atoms with E-state index in [2.05, 4.69) is 28.7 Å². The molecule has 0 radical (unpaired) electrons. The van der Waals surface area contributed by atoms with Crippen molar-refractivity contribution in [2.45, 2.75) is 26.8 Å². The minimum Gasteiger partial charge on any atom is -0.476 e. The molecule has 0 aliphatic carbocycles. The number of ether oxygens (including phenoxy) is 1. The van der Waals surface area contributed by atoms with Crippen molar-refractivity contribution in [2.75, 3.05) is 18.1 Å². The van der Waals surface area contributed by atoms with Crippen LogP contribution in [0.25, 0.3) is 0 Å². The Bertz CT molecular complexity index is 748. The lowest BCUT2D eigenvalue weighted by Gasteiger charge is -2.29. The van der Waals surface area contributed by atoms with Crippen LogP contribution in [0.3, 0.4) is 0 Å². The first kappa shape index (κ1) is 16.2. The summed E-state index contributed by atoms with van der Waals surface area (Å²) < 4.78 is 5.63. The first-order valence-electron chi connectivity index (χ1n) is 7.99. The molecule has 0 unspecified atom stereocenters. The molecule has 1 aromatic carbocycles. The van der Waals surface area contributed by atoms with Crippen molar-refractivity contribution >= 4 is 11.5 Å². The monoisotopic (exact) mass is 328 g/mol. The molecule has 126 valence electrons. The van der Waals surface area contributed by atoms with Gasteiger partial charge in [-0.1, -0.05) is 19.9 Å². The highest BCUT2D eigenvalue weighted by Gasteiger charge is 2.20. The molecule has 0 fully saturated rings. The van der Waals surface area contributed by atoms with Crippen molar-refractivity contribution in [3.8, 4) is 5.88 Å². The Hall–Kier alpha value is -2.70. The predicted octanol–water partition coefficient (Wildman–Crippen LogP) is 2.98. The minimum atomic E-state index is -0.362. The maximum atomic E-state index is 11.0. The zero-order chi connectivity index (χ0) is 17.1. The van der Waals surface area contributed by atoms with E-state index in [-0.39, 0.29) is 10.6 Å². The number of benzene rings is 1. The molecular formula is C17H20N4O3. The number of non-ortho nitro benzene ring substituents is 1. The van der Waals surface area contributed by atoms with E-state index in [4.69, 9.17) is 4.74 Å². The second-order valence-electron chi connectivity index (χ2n) is 6.30. The highest BCUT2D eigenvalue weighted by Crippen LogP contribution is 2.26. The molecule has 2 heterocycles. The molecular weight excluding hydrogens is 308 g/mol. The Morgan fingerprint density at radius 3 is 2.92 bits per heavy atom. The molecule has 0 saturated heterocycles. The van der Waals surface area contributed by atoms with Crippen LogP contribution in [0, 0.1) is 16.0 Å². The zero-order valence-corrected chi connectivity index (χ0v) is 13.8. The lowest BCUT2D eigenvalue weighted by Crippen LogP contribution is -2.31. The zero-order valence-electron chi connectivity index (χ0n) is 13.8. The largest absolute Gasteiger partial charge is 0.476 e. The maximum Gasteiger partial charge on any atom is 0.269 e. The molecule has 1 aliphatic heterocycles. The van der Waals surface area contributed by atoms with Crippen LogP contribution < -0.4 is 9.64 Å². The normalized spacial score (nSPS) is 13.7. The molecule has 0 bridgehead atoms. The van der Waals surface area contributed by atoms with Gasteiger partial charge in [0.05, 0.1) is 23.9 Å². The molecule has 24 heavy (non-hydrogen) atoms. The molecule has 1 aliphatic rings. The van der Waals surface area contributed by atoms with E-state index in [0.29, 0.717) is 24.9 Å². The van der Waals surface area contributed by atoms with E-state index < -0.39 is 0 Å². The van der Waals surface area contributed by atoms with Gasteiger partial charge in [0, 0.05) is 25.2 Å². The van der Waals surface area contributed by atoms with Crippen LogP contribution in [0.4, 0.5) is 11.5 Å². The number of hydrogen-bond donors (Lipinski definition) is 0. The Morgan fingerprint density at radius 2 is 2.17 bits per heavy atom. The molecule has 2 aromatic rings.